The second kappa shape index (κ2) is 3.62. The van der Waals surface area contributed by atoms with E-state index in [1.54, 1.807) is 11.3 Å². The summed E-state index contributed by atoms with van der Waals surface area (Å²) >= 11 is 1.58. The molecule has 0 bridgehead atoms. The van der Waals surface area contributed by atoms with Crippen LogP contribution in [0.3, 0.4) is 0 Å². The van der Waals surface area contributed by atoms with Crippen LogP contribution < -0.4 is 0 Å². The van der Waals surface area contributed by atoms with Gasteiger partial charge in [-0.2, -0.15) is 5.26 Å². The third-order valence-corrected chi connectivity index (χ3v) is 5.41. The summed E-state index contributed by atoms with van der Waals surface area (Å²) in [5.74, 6) is 0.181. The van der Waals surface area contributed by atoms with Crippen LogP contribution in [0.25, 0.3) is 0 Å². The Morgan fingerprint density at radius 3 is 2.87 bits per heavy atom. The smallest absolute Gasteiger partial charge is 0.151 e. The first kappa shape index (κ1) is 10.7. The van der Waals surface area contributed by atoms with E-state index in [9.17, 15) is 8.42 Å². The molecule has 3 nitrogen and oxygen atoms in total. The van der Waals surface area contributed by atoms with Crippen LogP contribution >= 0.6 is 11.3 Å². The lowest BCUT2D eigenvalue weighted by Crippen LogP contribution is -2.22. The van der Waals surface area contributed by atoms with Gasteiger partial charge in [0.05, 0.1) is 23.0 Å². The third-order valence-electron chi connectivity index (χ3n) is 2.72. The Bertz CT molecular complexity index is 484. The van der Waals surface area contributed by atoms with E-state index in [0.717, 1.165) is 4.88 Å². The first-order chi connectivity index (χ1) is 7.05. The number of rotatable bonds is 2. The average Bonchev–Trinajstić information content (AvgIpc) is 2.75. The van der Waals surface area contributed by atoms with Crippen LogP contribution in [0, 0.1) is 16.7 Å². The van der Waals surface area contributed by atoms with Crippen molar-refractivity contribution in [1.82, 2.24) is 0 Å². The minimum absolute atomic E-state index is 0.0222. The van der Waals surface area contributed by atoms with Crippen LogP contribution in [0.5, 0.6) is 0 Å². The Labute approximate surface area is 93.3 Å². The van der Waals surface area contributed by atoms with E-state index in [4.69, 9.17) is 5.26 Å². The summed E-state index contributed by atoms with van der Waals surface area (Å²) in [6.45, 7) is 0. The van der Waals surface area contributed by atoms with Gasteiger partial charge in [-0.1, -0.05) is 6.07 Å². The first-order valence-electron chi connectivity index (χ1n) is 4.69. The fourth-order valence-corrected chi connectivity index (χ4v) is 4.78. The molecule has 1 atom stereocenters. The van der Waals surface area contributed by atoms with Gasteiger partial charge < -0.3 is 0 Å². The van der Waals surface area contributed by atoms with Crippen LogP contribution in [0.15, 0.2) is 17.5 Å². The summed E-state index contributed by atoms with van der Waals surface area (Å²) in [5, 5.41) is 11.1. The molecule has 0 aliphatic carbocycles. The maximum atomic E-state index is 11.4. The number of hydrogen-bond donors (Lipinski definition) is 0. The van der Waals surface area contributed by atoms with Crippen molar-refractivity contribution in [3.8, 4) is 6.07 Å². The molecule has 5 heteroatoms. The predicted octanol–water partition coefficient (Wildman–Crippen LogP) is 1.62. The highest BCUT2D eigenvalue weighted by molar-refractivity contribution is 7.91. The van der Waals surface area contributed by atoms with Gasteiger partial charge >= 0.3 is 0 Å². The fourth-order valence-electron chi connectivity index (χ4n) is 1.93. The Morgan fingerprint density at radius 1 is 1.60 bits per heavy atom. The van der Waals surface area contributed by atoms with Gasteiger partial charge in [-0.05, 0) is 17.9 Å². The predicted molar refractivity (Wildman–Crippen MR) is 59.3 cm³/mol. The molecular weight excluding hydrogens is 230 g/mol. The molecule has 1 aliphatic heterocycles. The molecule has 2 heterocycles. The molecule has 0 spiro atoms. The number of nitrogens with zero attached hydrogens (tertiary/aromatic N) is 1. The van der Waals surface area contributed by atoms with Crippen molar-refractivity contribution in [2.75, 3.05) is 11.5 Å². The van der Waals surface area contributed by atoms with Gasteiger partial charge in [0.2, 0.25) is 0 Å². The van der Waals surface area contributed by atoms with E-state index in [1.165, 1.54) is 0 Å². The van der Waals surface area contributed by atoms with E-state index < -0.39 is 15.3 Å². The van der Waals surface area contributed by atoms with Gasteiger partial charge in [0, 0.05) is 11.3 Å². The largest absolute Gasteiger partial charge is 0.229 e. The van der Waals surface area contributed by atoms with E-state index in [1.807, 2.05) is 17.5 Å². The molecular formula is C10H11NO2S2. The second-order valence-electron chi connectivity index (χ2n) is 3.99. The van der Waals surface area contributed by atoms with E-state index >= 15 is 0 Å². The van der Waals surface area contributed by atoms with Crippen molar-refractivity contribution in [2.24, 2.45) is 5.41 Å². The molecule has 2 rings (SSSR count). The first-order valence-corrected chi connectivity index (χ1v) is 7.39. The molecule has 0 aromatic carbocycles. The van der Waals surface area contributed by atoms with E-state index in [2.05, 4.69) is 6.07 Å². The Morgan fingerprint density at radius 2 is 2.40 bits per heavy atom. The lowest BCUT2D eigenvalue weighted by molar-refractivity contribution is 0.455. The van der Waals surface area contributed by atoms with Crippen LogP contribution in [0.2, 0.25) is 0 Å². The van der Waals surface area contributed by atoms with Crippen LogP contribution in [-0.4, -0.2) is 19.9 Å². The van der Waals surface area contributed by atoms with Gasteiger partial charge in [-0.25, -0.2) is 8.42 Å². The van der Waals surface area contributed by atoms with Crippen LogP contribution in [0.4, 0.5) is 0 Å². The maximum absolute atomic E-state index is 11.4. The van der Waals surface area contributed by atoms with Gasteiger partial charge in [0.15, 0.2) is 9.84 Å². The molecule has 0 saturated carbocycles. The van der Waals surface area contributed by atoms with E-state index in [-0.39, 0.29) is 11.5 Å². The van der Waals surface area contributed by atoms with Gasteiger partial charge in [0.1, 0.15) is 0 Å². The molecule has 1 aromatic heterocycles. The lowest BCUT2D eigenvalue weighted by atomic mass is 9.85. The maximum Gasteiger partial charge on any atom is 0.151 e. The normalized spacial score (nSPS) is 28.7. The van der Waals surface area contributed by atoms with Crippen molar-refractivity contribution in [2.45, 2.75) is 12.8 Å². The Kier molecular flexibility index (Phi) is 2.57. The quantitative estimate of drug-likeness (QED) is 0.790. The molecule has 1 aliphatic rings. The van der Waals surface area contributed by atoms with Crippen molar-refractivity contribution in [3.05, 3.63) is 22.4 Å². The highest BCUT2D eigenvalue weighted by Gasteiger charge is 2.42. The molecule has 80 valence electrons. The van der Waals surface area contributed by atoms with Crippen molar-refractivity contribution < 1.29 is 8.42 Å². The van der Waals surface area contributed by atoms with Crippen molar-refractivity contribution in [1.29, 1.82) is 5.26 Å². The molecule has 1 fully saturated rings. The summed E-state index contributed by atoms with van der Waals surface area (Å²) in [6, 6.07) is 6.08. The average molecular weight is 241 g/mol. The minimum atomic E-state index is -2.99. The Balaban J connectivity index is 2.22. The summed E-state index contributed by atoms with van der Waals surface area (Å²) in [5.41, 5.74) is -0.677. The minimum Gasteiger partial charge on any atom is -0.229 e. The Hall–Kier alpha value is -0.860. The molecule has 1 unspecified atom stereocenters. The SMILES string of the molecule is N#CC1(Cc2cccs2)CCS(=O)(=O)C1. The highest BCUT2D eigenvalue weighted by Crippen LogP contribution is 2.36. The van der Waals surface area contributed by atoms with Gasteiger partial charge in [0.25, 0.3) is 0 Å². The van der Waals surface area contributed by atoms with Crippen molar-refractivity contribution >= 4 is 21.2 Å². The summed E-state index contributed by atoms with van der Waals surface area (Å²) < 4.78 is 22.8. The summed E-state index contributed by atoms with van der Waals surface area (Å²) in [7, 11) is -2.99. The molecule has 0 amide bonds. The number of nitriles is 1. The fraction of sp³-hybridized carbons (Fsp3) is 0.500. The lowest BCUT2D eigenvalue weighted by Gasteiger charge is -2.16. The van der Waals surface area contributed by atoms with Crippen LogP contribution in [0.1, 0.15) is 11.3 Å². The third kappa shape index (κ3) is 2.21. The topological polar surface area (TPSA) is 57.9 Å². The molecule has 0 radical (unpaired) electrons. The van der Waals surface area contributed by atoms with Crippen molar-refractivity contribution in [3.63, 3.8) is 0 Å². The standard InChI is InChI=1S/C10H11NO2S2/c11-7-10(3-5-15(12,13)8-10)6-9-2-1-4-14-9/h1-2,4H,3,5-6,8H2. The number of thiophene rings is 1. The van der Waals surface area contributed by atoms with Gasteiger partial charge in [-0.15, -0.1) is 11.3 Å². The number of hydrogen-bond acceptors (Lipinski definition) is 4. The molecule has 1 aromatic rings. The second-order valence-corrected chi connectivity index (χ2v) is 7.21. The van der Waals surface area contributed by atoms with Crippen LogP contribution in [-0.2, 0) is 16.3 Å². The number of sulfone groups is 1. The summed E-state index contributed by atoms with van der Waals surface area (Å²) in [4.78, 5) is 1.09. The monoisotopic (exact) mass is 241 g/mol. The molecule has 0 N–H and O–H groups in total. The molecule has 1 saturated heterocycles. The zero-order valence-electron chi connectivity index (χ0n) is 8.14. The van der Waals surface area contributed by atoms with Gasteiger partial charge in [-0.3, -0.25) is 0 Å². The molecule has 15 heavy (non-hydrogen) atoms. The summed E-state index contributed by atoms with van der Waals surface area (Å²) in [6.07, 6.45) is 1.05. The highest BCUT2D eigenvalue weighted by atomic mass is 32.2. The zero-order chi connectivity index (χ0) is 10.9. The van der Waals surface area contributed by atoms with E-state index in [0.29, 0.717) is 12.8 Å². The zero-order valence-corrected chi connectivity index (χ0v) is 9.77.